The quantitative estimate of drug-likeness (QED) is 0.0572. The summed E-state index contributed by atoms with van der Waals surface area (Å²) in [5.41, 5.74) is 2.26. The van der Waals surface area contributed by atoms with Crippen LogP contribution in [0.4, 0.5) is 0 Å². The molecule has 0 fully saturated rings. The average molecular weight is 1000 g/mol. The summed E-state index contributed by atoms with van der Waals surface area (Å²) in [5.74, 6) is 6.63. The third-order valence-electron chi connectivity index (χ3n) is 11.5. The molecule has 0 amide bonds. The van der Waals surface area contributed by atoms with Gasteiger partial charge in [-0.3, -0.25) is 28.8 Å². The predicted octanol–water partition coefficient (Wildman–Crippen LogP) is 14.1. The first-order valence-electron chi connectivity index (χ1n) is 24.8. The van der Waals surface area contributed by atoms with Gasteiger partial charge in [-0.05, 0) is 24.7 Å². The van der Waals surface area contributed by atoms with Gasteiger partial charge >= 0.3 is 0 Å². The van der Waals surface area contributed by atoms with E-state index in [-0.39, 0.29) is 23.7 Å². The Morgan fingerprint density at radius 2 is 0.583 bits per heavy atom. The molecule has 2 unspecified atom stereocenters. The Kier molecular flexibility index (Phi) is 31.1. The van der Waals surface area contributed by atoms with Crippen LogP contribution in [-0.4, -0.2) is 67.6 Å². The lowest BCUT2D eigenvalue weighted by Crippen LogP contribution is -2.05. The Morgan fingerprint density at radius 3 is 0.778 bits per heavy atom. The van der Waals surface area contributed by atoms with Gasteiger partial charge in [0.25, 0.3) is 0 Å². The summed E-state index contributed by atoms with van der Waals surface area (Å²) in [6.45, 7) is 29.0. The highest BCUT2D eigenvalue weighted by Gasteiger charge is 2.19. The van der Waals surface area contributed by atoms with Crippen LogP contribution in [0.25, 0.3) is 0 Å². The zero-order valence-corrected chi connectivity index (χ0v) is 44.8. The molecule has 0 aliphatic rings. The molecule has 0 aromatic carbocycles. The summed E-state index contributed by atoms with van der Waals surface area (Å²) in [7, 11) is 0. The van der Waals surface area contributed by atoms with Crippen LogP contribution in [0.3, 0.4) is 0 Å². The number of aromatic nitrogens is 6. The molecule has 18 heteroatoms. The molecule has 0 bridgehead atoms. The Morgan fingerprint density at radius 1 is 0.361 bits per heavy atom. The first-order valence-corrected chi connectivity index (χ1v) is 24.8. The smallest absolute Gasteiger partial charge is 0.197 e. The molecule has 396 valence electrons. The minimum Gasteiger partial charge on any atom is -0.448 e. The van der Waals surface area contributed by atoms with Crippen LogP contribution in [0.5, 0.6) is 0 Å². The lowest BCUT2D eigenvalue weighted by atomic mass is 9.94. The summed E-state index contributed by atoms with van der Waals surface area (Å²) >= 11 is 0. The van der Waals surface area contributed by atoms with Gasteiger partial charge in [0.05, 0.1) is 0 Å². The number of unbranched alkanes of at least 4 members (excludes halogenated alkanes) is 2. The molecule has 0 saturated carbocycles. The second kappa shape index (κ2) is 35.4. The number of rotatable bonds is 22. The third-order valence-corrected chi connectivity index (χ3v) is 11.5. The van der Waals surface area contributed by atoms with Crippen LogP contribution in [0.15, 0.2) is 64.1 Å². The van der Waals surface area contributed by atoms with Crippen molar-refractivity contribution in [1.29, 1.82) is 0 Å². The fourth-order valence-corrected chi connectivity index (χ4v) is 5.99. The molecular formula is C54H78N6O12. The van der Waals surface area contributed by atoms with Crippen LogP contribution in [0.1, 0.15) is 282 Å². The van der Waals surface area contributed by atoms with Gasteiger partial charge in [-0.15, -0.1) is 0 Å². The Bertz CT molecular complexity index is 2240. The third kappa shape index (κ3) is 23.0. The summed E-state index contributed by atoms with van der Waals surface area (Å²) in [4.78, 5) is 85.6. The van der Waals surface area contributed by atoms with Gasteiger partial charge in [0, 0.05) is 35.5 Å². The molecule has 6 heterocycles. The number of aldehydes is 6. The maximum atomic E-state index is 10.4. The van der Waals surface area contributed by atoms with E-state index in [1.807, 2.05) is 27.7 Å². The molecule has 0 saturated heterocycles. The highest BCUT2D eigenvalue weighted by Crippen LogP contribution is 2.27. The normalized spacial score (nSPS) is 13.0. The molecule has 18 nitrogen and oxygen atoms in total. The standard InChI is InChI=1S/4C10H15NO2.2C7H9NO2/c2*1-4-7(2)8(3)10-11-9(5-12)6-13-10;2*1-3-4-5-8(2)10-11-9(6-12)7-13-10;2*1-5(2)7-8-6(3-9)4-10-7/h2*5-8H,4H2,1-3H3;2*6-8H,3-5H2,1-2H3;2*3-5H,1-2H3/t7?,8-;7-,8?;2*8-;;/m0110../s1. The highest BCUT2D eigenvalue weighted by molar-refractivity contribution is 5.72. The van der Waals surface area contributed by atoms with Crippen LogP contribution < -0.4 is 0 Å². The van der Waals surface area contributed by atoms with E-state index in [1.165, 1.54) is 63.3 Å². The molecule has 6 atom stereocenters. The molecule has 72 heavy (non-hydrogen) atoms. The fourth-order valence-electron chi connectivity index (χ4n) is 5.99. The monoisotopic (exact) mass is 1000 g/mol. The number of oxazole rings is 6. The zero-order valence-electron chi connectivity index (χ0n) is 44.8. The predicted molar refractivity (Wildman–Crippen MR) is 271 cm³/mol. The van der Waals surface area contributed by atoms with Gasteiger partial charge in [0.15, 0.2) is 73.1 Å². The van der Waals surface area contributed by atoms with Crippen molar-refractivity contribution in [3.63, 3.8) is 0 Å². The van der Waals surface area contributed by atoms with Crippen molar-refractivity contribution in [2.45, 2.75) is 184 Å². The van der Waals surface area contributed by atoms with Gasteiger partial charge in [0.1, 0.15) is 71.7 Å². The molecule has 0 aliphatic carbocycles. The van der Waals surface area contributed by atoms with E-state index in [0.717, 1.165) is 25.7 Å². The number of carbonyl (C=O) groups excluding carboxylic acids is 6. The summed E-state index contributed by atoms with van der Waals surface area (Å²) in [5, 5.41) is 0. The van der Waals surface area contributed by atoms with Gasteiger partial charge in [-0.2, -0.15) is 0 Å². The van der Waals surface area contributed by atoms with E-state index in [9.17, 15) is 28.8 Å². The lowest BCUT2D eigenvalue weighted by Gasteiger charge is -2.13. The Hall–Kier alpha value is -6.72. The number of carbonyl (C=O) groups is 6. The van der Waals surface area contributed by atoms with Crippen molar-refractivity contribution in [3.8, 4) is 0 Å². The minimum atomic E-state index is 0.244. The van der Waals surface area contributed by atoms with Crippen LogP contribution in [-0.2, 0) is 0 Å². The molecule has 6 aromatic heterocycles. The van der Waals surface area contributed by atoms with Crippen molar-refractivity contribution in [3.05, 3.63) is 107 Å². The van der Waals surface area contributed by atoms with Crippen LogP contribution in [0.2, 0.25) is 0 Å². The maximum Gasteiger partial charge on any atom is 0.197 e. The zero-order chi connectivity index (χ0) is 54.2. The van der Waals surface area contributed by atoms with E-state index < -0.39 is 0 Å². The molecule has 6 aromatic rings. The fraction of sp³-hybridized carbons (Fsp3) is 0.556. The molecule has 0 N–H and O–H groups in total. The van der Waals surface area contributed by atoms with Crippen LogP contribution >= 0.6 is 0 Å². The van der Waals surface area contributed by atoms with Crippen LogP contribution in [0, 0.1) is 11.8 Å². The van der Waals surface area contributed by atoms with Gasteiger partial charge in [-0.1, -0.05) is 135 Å². The maximum absolute atomic E-state index is 10.4. The summed E-state index contributed by atoms with van der Waals surface area (Å²) < 4.78 is 30.7. The SMILES string of the molecule is CC(C)c1nc(C=O)co1.CC(C)c1nc(C=O)co1.CCC(C)[C@H](C)c1nc(C=O)co1.CCCC[C@@H](C)c1nc(C=O)co1.CCCC[C@H](C)c1nc(C=O)co1.CC[C@@H](C)C(C)c1nc(C=O)co1. The Labute approximate surface area is 424 Å². The van der Waals surface area contributed by atoms with Gasteiger partial charge in [-0.25, -0.2) is 29.9 Å². The highest BCUT2D eigenvalue weighted by atomic mass is 16.4. The van der Waals surface area contributed by atoms with E-state index in [0.29, 0.717) is 131 Å². The first kappa shape index (κ1) is 63.3. The molecule has 0 aliphatic heterocycles. The second-order valence-corrected chi connectivity index (χ2v) is 18.1. The number of hydrogen-bond donors (Lipinski definition) is 0. The molecular weight excluding hydrogens is 925 g/mol. The molecule has 0 radical (unpaired) electrons. The largest absolute Gasteiger partial charge is 0.448 e. The van der Waals surface area contributed by atoms with E-state index in [2.05, 4.69) is 99.1 Å². The number of nitrogens with zero attached hydrogens (tertiary/aromatic N) is 6. The lowest BCUT2D eigenvalue weighted by molar-refractivity contribution is 0.111. The minimum absolute atomic E-state index is 0.244. The van der Waals surface area contributed by atoms with Crippen molar-refractivity contribution < 1.29 is 55.3 Å². The Balaban J connectivity index is 0.000000433. The van der Waals surface area contributed by atoms with E-state index in [4.69, 9.17) is 26.5 Å². The number of hydrogen-bond acceptors (Lipinski definition) is 18. The van der Waals surface area contributed by atoms with Crippen molar-refractivity contribution in [2.75, 3.05) is 0 Å². The second-order valence-electron chi connectivity index (χ2n) is 18.1. The summed E-state index contributed by atoms with van der Waals surface area (Å²) in [6.07, 6.45) is 21.5. The van der Waals surface area contributed by atoms with E-state index in [1.54, 1.807) is 0 Å². The molecule has 6 rings (SSSR count). The van der Waals surface area contributed by atoms with Gasteiger partial charge in [0.2, 0.25) is 0 Å². The van der Waals surface area contributed by atoms with Crippen molar-refractivity contribution in [2.24, 2.45) is 11.8 Å². The molecule has 0 spiro atoms. The van der Waals surface area contributed by atoms with Crippen molar-refractivity contribution in [1.82, 2.24) is 29.9 Å². The van der Waals surface area contributed by atoms with Crippen molar-refractivity contribution >= 4 is 37.7 Å². The summed E-state index contributed by atoms with van der Waals surface area (Å²) in [6, 6.07) is 0. The topological polar surface area (TPSA) is 259 Å². The van der Waals surface area contributed by atoms with E-state index >= 15 is 0 Å². The average Bonchev–Trinajstić information content (AvgIpc) is 4.27. The first-order chi connectivity index (χ1) is 34.4. The van der Waals surface area contributed by atoms with Gasteiger partial charge < -0.3 is 26.5 Å².